The average Bonchev–Trinajstić information content (AvgIpc) is 2.73. The molecule has 1 aromatic heterocycles. The summed E-state index contributed by atoms with van der Waals surface area (Å²) in [5, 5.41) is 0.415. The lowest BCUT2D eigenvalue weighted by molar-refractivity contribution is 0.301. The molecule has 0 aliphatic carbocycles. The number of hydrogen-bond acceptors (Lipinski definition) is 4. The van der Waals surface area contributed by atoms with Gasteiger partial charge in [0, 0.05) is 19.2 Å². The SMILES string of the molecule is CCC1(CC)CCN(c2cc(Cl)nc(N)n2)C1. The van der Waals surface area contributed by atoms with Gasteiger partial charge in [0.15, 0.2) is 0 Å². The van der Waals surface area contributed by atoms with Crippen LogP contribution in [0.25, 0.3) is 0 Å². The van der Waals surface area contributed by atoms with Crippen molar-refractivity contribution < 1.29 is 0 Å². The molecule has 2 rings (SSSR count). The minimum Gasteiger partial charge on any atom is -0.368 e. The van der Waals surface area contributed by atoms with Crippen LogP contribution in [-0.2, 0) is 0 Å². The first-order chi connectivity index (χ1) is 8.08. The Morgan fingerprint density at radius 3 is 2.65 bits per heavy atom. The number of hydrogen-bond donors (Lipinski definition) is 1. The highest BCUT2D eigenvalue weighted by molar-refractivity contribution is 6.29. The van der Waals surface area contributed by atoms with Crippen LogP contribution in [0.1, 0.15) is 33.1 Å². The zero-order valence-electron chi connectivity index (χ0n) is 10.4. The van der Waals surface area contributed by atoms with E-state index in [0.717, 1.165) is 18.9 Å². The fraction of sp³-hybridized carbons (Fsp3) is 0.667. The van der Waals surface area contributed by atoms with Gasteiger partial charge in [-0.25, -0.2) is 4.98 Å². The van der Waals surface area contributed by atoms with Crippen molar-refractivity contribution in [1.82, 2.24) is 9.97 Å². The topological polar surface area (TPSA) is 55.0 Å². The third-order valence-electron chi connectivity index (χ3n) is 3.96. The van der Waals surface area contributed by atoms with Crippen molar-refractivity contribution in [1.29, 1.82) is 0 Å². The maximum atomic E-state index is 5.91. The van der Waals surface area contributed by atoms with E-state index in [9.17, 15) is 0 Å². The second-order valence-corrected chi connectivity index (χ2v) is 5.17. The summed E-state index contributed by atoms with van der Waals surface area (Å²) in [6.07, 6.45) is 3.62. The van der Waals surface area contributed by atoms with Crippen molar-refractivity contribution in [3.05, 3.63) is 11.2 Å². The van der Waals surface area contributed by atoms with Crippen LogP contribution in [-0.4, -0.2) is 23.1 Å². The Bertz CT molecular complexity index is 383. The third-order valence-corrected chi connectivity index (χ3v) is 4.15. The lowest BCUT2D eigenvalue weighted by atomic mass is 9.82. The maximum absolute atomic E-state index is 5.91. The summed E-state index contributed by atoms with van der Waals surface area (Å²) < 4.78 is 0. The molecular weight excluding hydrogens is 236 g/mol. The van der Waals surface area contributed by atoms with E-state index in [1.807, 2.05) is 0 Å². The number of nitrogens with zero attached hydrogens (tertiary/aromatic N) is 3. The minimum absolute atomic E-state index is 0.248. The predicted octanol–water partition coefficient (Wildman–Crippen LogP) is 2.73. The minimum atomic E-state index is 0.248. The molecule has 94 valence electrons. The van der Waals surface area contributed by atoms with Crippen molar-refractivity contribution >= 4 is 23.4 Å². The highest BCUT2D eigenvalue weighted by Gasteiger charge is 2.35. The second kappa shape index (κ2) is 4.69. The van der Waals surface area contributed by atoms with Gasteiger partial charge in [-0.05, 0) is 24.7 Å². The fourth-order valence-electron chi connectivity index (χ4n) is 2.54. The van der Waals surface area contributed by atoms with E-state index in [-0.39, 0.29) is 5.95 Å². The van der Waals surface area contributed by atoms with Crippen LogP contribution in [0.2, 0.25) is 5.15 Å². The first kappa shape index (κ1) is 12.4. The van der Waals surface area contributed by atoms with E-state index >= 15 is 0 Å². The highest BCUT2D eigenvalue weighted by Crippen LogP contribution is 2.38. The predicted molar refractivity (Wildman–Crippen MR) is 71.3 cm³/mol. The highest BCUT2D eigenvalue weighted by atomic mass is 35.5. The Labute approximate surface area is 107 Å². The van der Waals surface area contributed by atoms with Gasteiger partial charge in [-0.15, -0.1) is 0 Å². The van der Waals surface area contributed by atoms with Gasteiger partial charge in [0.05, 0.1) is 0 Å². The number of nitrogens with two attached hydrogens (primary N) is 1. The first-order valence-corrected chi connectivity index (χ1v) is 6.51. The van der Waals surface area contributed by atoms with E-state index in [2.05, 4.69) is 28.7 Å². The van der Waals surface area contributed by atoms with Gasteiger partial charge in [-0.1, -0.05) is 25.4 Å². The van der Waals surface area contributed by atoms with Gasteiger partial charge >= 0.3 is 0 Å². The van der Waals surface area contributed by atoms with Gasteiger partial charge < -0.3 is 10.6 Å². The Morgan fingerprint density at radius 2 is 2.12 bits per heavy atom. The van der Waals surface area contributed by atoms with Crippen LogP contribution >= 0.6 is 11.6 Å². The molecule has 2 heterocycles. The maximum Gasteiger partial charge on any atom is 0.223 e. The molecule has 0 atom stereocenters. The largest absolute Gasteiger partial charge is 0.368 e. The molecule has 1 fully saturated rings. The van der Waals surface area contributed by atoms with Crippen LogP contribution in [0.4, 0.5) is 11.8 Å². The molecule has 0 aromatic carbocycles. The van der Waals surface area contributed by atoms with E-state index in [0.29, 0.717) is 10.6 Å². The van der Waals surface area contributed by atoms with Crippen LogP contribution in [0.3, 0.4) is 0 Å². The van der Waals surface area contributed by atoms with Crippen molar-refractivity contribution in [3.63, 3.8) is 0 Å². The second-order valence-electron chi connectivity index (χ2n) is 4.79. The zero-order chi connectivity index (χ0) is 12.5. The average molecular weight is 255 g/mol. The molecule has 0 saturated carbocycles. The number of halogens is 1. The molecule has 5 heteroatoms. The molecule has 17 heavy (non-hydrogen) atoms. The smallest absolute Gasteiger partial charge is 0.223 e. The molecule has 0 radical (unpaired) electrons. The summed E-state index contributed by atoms with van der Waals surface area (Å²) in [7, 11) is 0. The lowest BCUT2D eigenvalue weighted by Gasteiger charge is -2.26. The summed E-state index contributed by atoms with van der Waals surface area (Å²) >= 11 is 5.91. The molecule has 4 nitrogen and oxygen atoms in total. The van der Waals surface area contributed by atoms with Crippen LogP contribution in [0.15, 0.2) is 6.07 Å². The summed E-state index contributed by atoms with van der Waals surface area (Å²) in [6, 6.07) is 1.79. The van der Waals surface area contributed by atoms with Crippen molar-refractivity contribution in [2.24, 2.45) is 5.41 Å². The van der Waals surface area contributed by atoms with Gasteiger partial charge in [-0.2, -0.15) is 4.98 Å². The van der Waals surface area contributed by atoms with Gasteiger partial charge in [0.2, 0.25) is 5.95 Å². The molecule has 1 aromatic rings. The van der Waals surface area contributed by atoms with Crippen molar-refractivity contribution in [2.45, 2.75) is 33.1 Å². The first-order valence-electron chi connectivity index (χ1n) is 6.13. The Morgan fingerprint density at radius 1 is 1.41 bits per heavy atom. The molecule has 0 amide bonds. The third kappa shape index (κ3) is 2.46. The van der Waals surface area contributed by atoms with Gasteiger partial charge in [0.25, 0.3) is 0 Å². The molecule has 1 aliphatic heterocycles. The summed E-state index contributed by atoms with van der Waals surface area (Å²) in [4.78, 5) is 10.4. The molecule has 0 unspecified atom stereocenters. The van der Waals surface area contributed by atoms with Gasteiger partial charge in [-0.3, -0.25) is 0 Å². The van der Waals surface area contributed by atoms with Crippen molar-refractivity contribution in [2.75, 3.05) is 23.7 Å². The summed E-state index contributed by atoms with van der Waals surface area (Å²) in [5.41, 5.74) is 6.05. The fourth-order valence-corrected chi connectivity index (χ4v) is 2.73. The Balaban J connectivity index is 2.20. The van der Waals surface area contributed by atoms with Crippen LogP contribution in [0.5, 0.6) is 0 Å². The van der Waals surface area contributed by atoms with Crippen LogP contribution < -0.4 is 10.6 Å². The molecule has 1 aliphatic rings. The van der Waals surface area contributed by atoms with E-state index in [4.69, 9.17) is 17.3 Å². The number of nitrogen functional groups attached to an aromatic ring is 1. The number of aromatic nitrogens is 2. The van der Waals surface area contributed by atoms with Crippen molar-refractivity contribution in [3.8, 4) is 0 Å². The standard InChI is InChI=1S/C12H19ClN4/c1-3-12(4-2)5-6-17(8-12)10-7-9(13)15-11(14)16-10/h7H,3-6,8H2,1-2H3,(H2,14,15,16). The molecule has 2 N–H and O–H groups in total. The molecular formula is C12H19ClN4. The quantitative estimate of drug-likeness (QED) is 0.843. The van der Waals surface area contributed by atoms with Gasteiger partial charge in [0.1, 0.15) is 11.0 Å². The number of anilines is 2. The van der Waals surface area contributed by atoms with E-state index in [1.165, 1.54) is 19.3 Å². The normalized spacial score (nSPS) is 18.6. The zero-order valence-corrected chi connectivity index (χ0v) is 11.2. The summed E-state index contributed by atoms with van der Waals surface area (Å²) in [5.74, 6) is 1.10. The molecule has 0 bridgehead atoms. The number of rotatable bonds is 3. The van der Waals surface area contributed by atoms with E-state index in [1.54, 1.807) is 6.07 Å². The monoisotopic (exact) mass is 254 g/mol. The Hall–Kier alpha value is -1.03. The van der Waals surface area contributed by atoms with E-state index < -0.39 is 0 Å². The molecule has 1 saturated heterocycles. The Kier molecular flexibility index (Phi) is 3.43. The van der Waals surface area contributed by atoms with Crippen LogP contribution in [0, 0.1) is 5.41 Å². The molecule has 0 spiro atoms. The summed E-state index contributed by atoms with van der Waals surface area (Å²) in [6.45, 7) is 6.57. The lowest BCUT2D eigenvalue weighted by Crippen LogP contribution is -2.27.